The summed E-state index contributed by atoms with van der Waals surface area (Å²) in [6.07, 6.45) is 2.79. The van der Waals surface area contributed by atoms with Crippen LogP contribution in [-0.4, -0.2) is 21.4 Å². The van der Waals surface area contributed by atoms with Crippen molar-refractivity contribution in [2.45, 2.75) is 51.2 Å². The molecule has 66 valence electrons. The van der Waals surface area contributed by atoms with Crippen LogP contribution in [0.2, 0.25) is 0 Å². The van der Waals surface area contributed by atoms with Gasteiger partial charge in [-0.15, -0.1) is 0 Å². The molecule has 2 atom stereocenters. The maximum absolute atomic E-state index is 10.0. The van der Waals surface area contributed by atoms with Crippen molar-refractivity contribution < 1.29 is 10.2 Å². The summed E-state index contributed by atoms with van der Waals surface area (Å²) in [6, 6.07) is 0. The quantitative estimate of drug-likeness (QED) is 0.604. The summed E-state index contributed by atoms with van der Waals surface area (Å²) >= 11 is 0. The number of aliphatic hydroxyl groups is 2. The summed E-state index contributed by atoms with van der Waals surface area (Å²) in [7, 11) is 0. The van der Waals surface area contributed by atoms with Gasteiger partial charge in [0, 0.05) is 0 Å². The van der Waals surface area contributed by atoms with E-state index in [9.17, 15) is 10.2 Å². The molecule has 0 bridgehead atoms. The molecule has 1 fully saturated rings. The standard InChI is InChI=1S/C9H18O2/c1-7-5-4-6-9(7,11)8(2,3)10/h7,10-11H,4-6H2,1-3H3. The Morgan fingerprint density at radius 3 is 2.18 bits per heavy atom. The average molecular weight is 158 g/mol. The summed E-state index contributed by atoms with van der Waals surface area (Å²) in [6.45, 7) is 5.38. The highest BCUT2D eigenvalue weighted by molar-refractivity contribution is 5.00. The number of hydrogen-bond acceptors (Lipinski definition) is 2. The largest absolute Gasteiger partial charge is 0.387 e. The molecule has 0 aromatic rings. The molecule has 0 aromatic carbocycles. The zero-order valence-electron chi connectivity index (χ0n) is 7.59. The molecule has 11 heavy (non-hydrogen) atoms. The lowest BCUT2D eigenvalue weighted by Crippen LogP contribution is -2.51. The van der Waals surface area contributed by atoms with Gasteiger partial charge >= 0.3 is 0 Å². The van der Waals surface area contributed by atoms with Crippen LogP contribution in [0.5, 0.6) is 0 Å². The molecule has 0 radical (unpaired) electrons. The Morgan fingerprint density at radius 1 is 1.45 bits per heavy atom. The summed E-state index contributed by atoms with van der Waals surface area (Å²) in [5, 5.41) is 19.7. The summed E-state index contributed by atoms with van der Waals surface area (Å²) < 4.78 is 0. The third kappa shape index (κ3) is 1.30. The van der Waals surface area contributed by atoms with E-state index in [2.05, 4.69) is 0 Å². The number of rotatable bonds is 1. The van der Waals surface area contributed by atoms with E-state index in [1.54, 1.807) is 13.8 Å². The van der Waals surface area contributed by atoms with Gasteiger partial charge in [0.05, 0.1) is 11.2 Å². The Kier molecular flexibility index (Phi) is 2.01. The molecule has 0 amide bonds. The Morgan fingerprint density at radius 2 is 2.00 bits per heavy atom. The topological polar surface area (TPSA) is 40.5 Å². The highest BCUT2D eigenvalue weighted by Crippen LogP contribution is 2.42. The Balaban J connectivity index is 2.81. The molecule has 1 saturated carbocycles. The first-order valence-electron chi connectivity index (χ1n) is 4.33. The lowest BCUT2D eigenvalue weighted by molar-refractivity contribution is -0.148. The van der Waals surface area contributed by atoms with Crippen molar-refractivity contribution in [2.75, 3.05) is 0 Å². The van der Waals surface area contributed by atoms with Gasteiger partial charge in [-0.1, -0.05) is 13.3 Å². The SMILES string of the molecule is CC1CCCC1(O)C(C)(C)O. The summed E-state index contributed by atoms with van der Waals surface area (Å²) in [5.41, 5.74) is -1.81. The highest BCUT2D eigenvalue weighted by atomic mass is 16.4. The van der Waals surface area contributed by atoms with Crippen LogP contribution in [0.25, 0.3) is 0 Å². The van der Waals surface area contributed by atoms with Crippen LogP contribution in [-0.2, 0) is 0 Å². The van der Waals surface area contributed by atoms with E-state index in [4.69, 9.17) is 0 Å². The molecular weight excluding hydrogens is 140 g/mol. The second-order valence-corrected chi connectivity index (χ2v) is 4.28. The van der Waals surface area contributed by atoms with Crippen molar-refractivity contribution in [3.8, 4) is 0 Å². The molecule has 0 spiro atoms. The monoisotopic (exact) mass is 158 g/mol. The van der Waals surface area contributed by atoms with E-state index in [1.807, 2.05) is 6.92 Å². The third-order valence-electron chi connectivity index (χ3n) is 3.07. The fourth-order valence-electron chi connectivity index (χ4n) is 2.07. The van der Waals surface area contributed by atoms with Gasteiger partial charge in [0.1, 0.15) is 0 Å². The van der Waals surface area contributed by atoms with Gasteiger partial charge in [-0.25, -0.2) is 0 Å². The van der Waals surface area contributed by atoms with Gasteiger partial charge in [-0.3, -0.25) is 0 Å². The molecule has 0 saturated heterocycles. The normalized spacial score (nSPS) is 39.5. The second-order valence-electron chi connectivity index (χ2n) is 4.28. The maximum Gasteiger partial charge on any atom is 0.0953 e. The van der Waals surface area contributed by atoms with Gasteiger partial charge in [0.15, 0.2) is 0 Å². The van der Waals surface area contributed by atoms with Gasteiger partial charge in [-0.2, -0.15) is 0 Å². The minimum Gasteiger partial charge on any atom is -0.387 e. The summed E-state index contributed by atoms with van der Waals surface area (Å²) in [5.74, 6) is 0.225. The van der Waals surface area contributed by atoms with Crippen LogP contribution in [0.1, 0.15) is 40.0 Å². The first-order chi connectivity index (χ1) is 4.88. The molecule has 0 heterocycles. The Labute approximate surface area is 68.2 Å². The third-order valence-corrected chi connectivity index (χ3v) is 3.07. The smallest absolute Gasteiger partial charge is 0.0953 e. The molecule has 1 aliphatic rings. The van der Waals surface area contributed by atoms with Crippen molar-refractivity contribution >= 4 is 0 Å². The highest BCUT2D eigenvalue weighted by Gasteiger charge is 2.48. The van der Waals surface area contributed by atoms with Crippen molar-refractivity contribution in [3.63, 3.8) is 0 Å². The molecule has 2 unspecified atom stereocenters. The average Bonchev–Trinajstić information content (AvgIpc) is 2.12. The lowest BCUT2D eigenvalue weighted by Gasteiger charge is -2.39. The van der Waals surface area contributed by atoms with E-state index < -0.39 is 11.2 Å². The Hall–Kier alpha value is -0.0800. The molecule has 0 aliphatic heterocycles. The predicted molar refractivity (Wildman–Crippen MR) is 44.3 cm³/mol. The van der Waals surface area contributed by atoms with Gasteiger partial charge in [0.2, 0.25) is 0 Å². The van der Waals surface area contributed by atoms with Gasteiger partial charge < -0.3 is 10.2 Å². The van der Waals surface area contributed by atoms with Gasteiger partial charge in [0.25, 0.3) is 0 Å². The Bertz CT molecular complexity index is 148. The lowest BCUT2D eigenvalue weighted by atomic mass is 9.78. The molecular formula is C9H18O2. The number of hydrogen-bond donors (Lipinski definition) is 2. The predicted octanol–water partition coefficient (Wildman–Crippen LogP) is 1.31. The van der Waals surface area contributed by atoms with Crippen LogP contribution >= 0.6 is 0 Å². The van der Waals surface area contributed by atoms with Crippen LogP contribution in [0, 0.1) is 5.92 Å². The molecule has 2 N–H and O–H groups in total. The molecule has 1 aliphatic carbocycles. The molecule has 0 aromatic heterocycles. The van der Waals surface area contributed by atoms with E-state index in [0.717, 1.165) is 19.3 Å². The van der Waals surface area contributed by atoms with Crippen LogP contribution in [0.4, 0.5) is 0 Å². The summed E-state index contributed by atoms with van der Waals surface area (Å²) in [4.78, 5) is 0. The van der Waals surface area contributed by atoms with Crippen molar-refractivity contribution in [1.29, 1.82) is 0 Å². The molecule has 1 rings (SSSR count). The van der Waals surface area contributed by atoms with Crippen molar-refractivity contribution in [1.82, 2.24) is 0 Å². The van der Waals surface area contributed by atoms with Crippen LogP contribution in [0.15, 0.2) is 0 Å². The first kappa shape index (κ1) is 9.01. The fourth-order valence-corrected chi connectivity index (χ4v) is 2.07. The minimum atomic E-state index is -0.955. The zero-order valence-corrected chi connectivity index (χ0v) is 7.59. The van der Waals surface area contributed by atoms with Gasteiger partial charge in [-0.05, 0) is 32.6 Å². The first-order valence-corrected chi connectivity index (χ1v) is 4.33. The molecule has 2 nitrogen and oxygen atoms in total. The minimum absolute atomic E-state index is 0.225. The van der Waals surface area contributed by atoms with Crippen molar-refractivity contribution in [3.05, 3.63) is 0 Å². The van der Waals surface area contributed by atoms with E-state index in [1.165, 1.54) is 0 Å². The fraction of sp³-hybridized carbons (Fsp3) is 1.00. The van der Waals surface area contributed by atoms with Crippen LogP contribution < -0.4 is 0 Å². The van der Waals surface area contributed by atoms with E-state index >= 15 is 0 Å². The van der Waals surface area contributed by atoms with E-state index in [0.29, 0.717) is 0 Å². The molecule has 2 heteroatoms. The maximum atomic E-state index is 10.0. The van der Waals surface area contributed by atoms with Crippen LogP contribution in [0.3, 0.4) is 0 Å². The second kappa shape index (κ2) is 2.46. The zero-order chi connectivity index (χ0) is 8.70. The van der Waals surface area contributed by atoms with E-state index in [-0.39, 0.29) is 5.92 Å². The van der Waals surface area contributed by atoms with Crippen molar-refractivity contribution in [2.24, 2.45) is 5.92 Å².